The predicted octanol–water partition coefficient (Wildman–Crippen LogP) is 1.85. The third-order valence-corrected chi connectivity index (χ3v) is 5.24. The molecular weight excluding hydrogens is 378 g/mol. The van der Waals surface area contributed by atoms with Gasteiger partial charge in [-0.2, -0.15) is 0 Å². The number of nitrogens with zero attached hydrogens (tertiary/aromatic N) is 2. The smallest absolute Gasteiger partial charge is 0.251 e. The van der Waals surface area contributed by atoms with E-state index < -0.39 is 11.5 Å². The van der Waals surface area contributed by atoms with E-state index in [-0.39, 0.29) is 24.9 Å². The largest absolute Gasteiger partial charge is 0.384 e. The summed E-state index contributed by atoms with van der Waals surface area (Å²) in [6, 6.07) is 13.1. The Bertz CT molecular complexity index is 819. The third kappa shape index (κ3) is 4.69. The number of pyridine rings is 1. The van der Waals surface area contributed by atoms with Gasteiger partial charge in [-0.3, -0.25) is 14.6 Å². The summed E-state index contributed by atoms with van der Waals surface area (Å²) in [5, 5.41) is 13.2. The van der Waals surface area contributed by atoms with Crippen molar-refractivity contribution in [3.63, 3.8) is 0 Å². The molecule has 2 amide bonds. The van der Waals surface area contributed by atoms with E-state index in [1.165, 1.54) is 11.8 Å². The van der Waals surface area contributed by atoms with Crippen LogP contribution in [0.1, 0.15) is 18.2 Å². The number of hydrogen-bond donors (Lipinski definition) is 2. The lowest BCUT2D eigenvalue weighted by atomic mass is 9.73. The first-order valence-electron chi connectivity index (χ1n) is 9.29. The minimum Gasteiger partial charge on any atom is -0.384 e. The van der Waals surface area contributed by atoms with Crippen molar-refractivity contribution < 1.29 is 14.7 Å². The zero-order chi connectivity index (χ0) is 20.1. The molecule has 148 valence electrons. The van der Waals surface area contributed by atoms with E-state index in [1.54, 1.807) is 18.3 Å². The highest BCUT2D eigenvalue weighted by Crippen LogP contribution is 2.35. The number of amides is 2. The molecule has 28 heavy (non-hydrogen) atoms. The van der Waals surface area contributed by atoms with Crippen molar-refractivity contribution in [3.8, 4) is 0 Å². The standard InChI is InChI=1S/C21H24ClN3O3/c1-15(26)19(27)25-13-21(14-25,12-16-5-7-17(22)8-6-16)20(28)24-11-9-18-4-2-3-10-23-18/h2-8,10,15,26H,9,11-14H2,1H3,(H,24,28)/t15-/m0/s1. The van der Waals surface area contributed by atoms with E-state index in [2.05, 4.69) is 10.3 Å². The van der Waals surface area contributed by atoms with Crippen molar-refractivity contribution in [2.24, 2.45) is 5.41 Å². The van der Waals surface area contributed by atoms with Gasteiger partial charge in [-0.15, -0.1) is 0 Å². The normalized spacial score (nSPS) is 16.2. The number of benzene rings is 1. The lowest BCUT2D eigenvalue weighted by Crippen LogP contribution is -2.66. The summed E-state index contributed by atoms with van der Waals surface area (Å²) < 4.78 is 0. The van der Waals surface area contributed by atoms with Gasteiger partial charge in [0.25, 0.3) is 5.91 Å². The maximum atomic E-state index is 13.0. The molecule has 0 saturated carbocycles. The van der Waals surface area contributed by atoms with E-state index in [4.69, 9.17) is 11.6 Å². The molecule has 1 saturated heterocycles. The zero-order valence-corrected chi connectivity index (χ0v) is 16.5. The average molecular weight is 402 g/mol. The Morgan fingerprint density at radius 3 is 2.57 bits per heavy atom. The first-order valence-corrected chi connectivity index (χ1v) is 9.67. The van der Waals surface area contributed by atoms with Gasteiger partial charge in [0.1, 0.15) is 6.10 Å². The Morgan fingerprint density at radius 2 is 1.96 bits per heavy atom. The van der Waals surface area contributed by atoms with Crippen LogP contribution >= 0.6 is 11.6 Å². The minimum absolute atomic E-state index is 0.0898. The fourth-order valence-electron chi connectivity index (χ4n) is 3.47. The topological polar surface area (TPSA) is 82.5 Å². The minimum atomic E-state index is -1.07. The van der Waals surface area contributed by atoms with Gasteiger partial charge < -0.3 is 15.3 Å². The number of carbonyl (C=O) groups is 2. The first kappa shape index (κ1) is 20.3. The van der Waals surface area contributed by atoms with E-state index >= 15 is 0 Å². The highest BCUT2D eigenvalue weighted by Gasteiger charge is 2.51. The van der Waals surface area contributed by atoms with Gasteiger partial charge in [0.15, 0.2) is 0 Å². The molecule has 0 radical (unpaired) electrons. The Kier molecular flexibility index (Phi) is 6.31. The van der Waals surface area contributed by atoms with E-state index in [0.717, 1.165) is 11.3 Å². The summed E-state index contributed by atoms with van der Waals surface area (Å²) >= 11 is 5.95. The van der Waals surface area contributed by atoms with Crippen molar-refractivity contribution in [2.45, 2.75) is 25.9 Å². The van der Waals surface area contributed by atoms with Gasteiger partial charge in [-0.25, -0.2) is 0 Å². The van der Waals surface area contributed by atoms with Gasteiger partial charge in [0.05, 0.1) is 5.41 Å². The molecule has 1 fully saturated rings. The van der Waals surface area contributed by atoms with Gasteiger partial charge in [0, 0.05) is 43.0 Å². The Hall–Kier alpha value is -2.44. The van der Waals surface area contributed by atoms with Gasteiger partial charge in [0.2, 0.25) is 5.91 Å². The van der Waals surface area contributed by atoms with Crippen LogP contribution in [-0.4, -0.2) is 52.5 Å². The number of aliphatic hydroxyl groups is 1. The average Bonchev–Trinajstić information content (AvgIpc) is 2.66. The summed E-state index contributed by atoms with van der Waals surface area (Å²) in [4.78, 5) is 30.8. The highest BCUT2D eigenvalue weighted by atomic mass is 35.5. The molecule has 2 heterocycles. The molecule has 2 aromatic rings. The van der Waals surface area contributed by atoms with Crippen LogP contribution in [0, 0.1) is 5.41 Å². The van der Waals surface area contributed by atoms with Crippen LogP contribution < -0.4 is 5.32 Å². The number of likely N-dealkylation sites (tertiary alicyclic amines) is 1. The Balaban J connectivity index is 1.66. The molecular formula is C21H24ClN3O3. The molecule has 2 N–H and O–H groups in total. The molecule has 3 rings (SSSR count). The summed E-state index contributed by atoms with van der Waals surface area (Å²) in [6.07, 6.45) is 1.80. The quantitative estimate of drug-likeness (QED) is 0.741. The summed E-state index contributed by atoms with van der Waals surface area (Å²) in [7, 11) is 0. The van der Waals surface area contributed by atoms with Crippen LogP contribution in [0.2, 0.25) is 5.02 Å². The number of aromatic nitrogens is 1. The van der Waals surface area contributed by atoms with Crippen LogP contribution in [0.25, 0.3) is 0 Å². The van der Waals surface area contributed by atoms with Crippen molar-refractivity contribution in [2.75, 3.05) is 19.6 Å². The maximum Gasteiger partial charge on any atom is 0.251 e. The fourth-order valence-corrected chi connectivity index (χ4v) is 3.60. The summed E-state index contributed by atoms with van der Waals surface area (Å²) in [5.41, 5.74) is 1.19. The number of nitrogens with one attached hydrogen (secondary N) is 1. The fraction of sp³-hybridized carbons (Fsp3) is 0.381. The van der Waals surface area contributed by atoms with E-state index in [9.17, 15) is 14.7 Å². The van der Waals surface area contributed by atoms with Crippen LogP contribution in [0.3, 0.4) is 0 Å². The lowest BCUT2D eigenvalue weighted by molar-refractivity contribution is -0.159. The van der Waals surface area contributed by atoms with Crippen LogP contribution in [-0.2, 0) is 22.4 Å². The van der Waals surface area contributed by atoms with E-state index in [1.807, 2.05) is 30.3 Å². The number of hydrogen-bond acceptors (Lipinski definition) is 4. The number of rotatable bonds is 7. The molecule has 1 aliphatic rings. The molecule has 7 heteroatoms. The number of halogens is 1. The number of aliphatic hydroxyl groups excluding tert-OH is 1. The molecule has 1 atom stereocenters. The molecule has 0 spiro atoms. The monoisotopic (exact) mass is 401 g/mol. The highest BCUT2D eigenvalue weighted by molar-refractivity contribution is 6.30. The van der Waals surface area contributed by atoms with E-state index in [0.29, 0.717) is 24.4 Å². The van der Waals surface area contributed by atoms with Crippen LogP contribution in [0.15, 0.2) is 48.7 Å². The number of carbonyl (C=O) groups excluding carboxylic acids is 2. The van der Waals surface area contributed by atoms with Crippen molar-refractivity contribution >= 4 is 23.4 Å². The van der Waals surface area contributed by atoms with Crippen molar-refractivity contribution in [3.05, 3.63) is 64.9 Å². The summed E-state index contributed by atoms with van der Waals surface area (Å²) in [5.74, 6) is -0.443. The van der Waals surface area contributed by atoms with Gasteiger partial charge in [-0.05, 0) is 43.2 Å². The zero-order valence-electron chi connectivity index (χ0n) is 15.8. The summed E-state index contributed by atoms with van der Waals surface area (Å²) in [6.45, 7) is 2.49. The molecule has 1 aromatic heterocycles. The van der Waals surface area contributed by atoms with Gasteiger partial charge in [-0.1, -0.05) is 29.8 Å². The van der Waals surface area contributed by atoms with Crippen LogP contribution in [0.5, 0.6) is 0 Å². The molecule has 1 aliphatic heterocycles. The molecule has 1 aromatic carbocycles. The molecule has 0 unspecified atom stereocenters. The third-order valence-electron chi connectivity index (χ3n) is 4.99. The predicted molar refractivity (Wildman–Crippen MR) is 107 cm³/mol. The molecule has 0 aliphatic carbocycles. The molecule has 6 nitrogen and oxygen atoms in total. The Morgan fingerprint density at radius 1 is 1.25 bits per heavy atom. The second-order valence-corrected chi connectivity index (χ2v) is 7.72. The van der Waals surface area contributed by atoms with Gasteiger partial charge >= 0.3 is 0 Å². The van der Waals surface area contributed by atoms with Crippen molar-refractivity contribution in [1.29, 1.82) is 0 Å². The molecule has 0 bridgehead atoms. The van der Waals surface area contributed by atoms with Crippen molar-refractivity contribution in [1.82, 2.24) is 15.2 Å². The lowest BCUT2D eigenvalue weighted by Gasteiger charge is -2.49. The Labute approximate surface area is 169 Å². The van der Waals surface area contributed by atoms with Crippen LogP contribution in [0.4, 0.5) is 0 Å². The second kappa shape index (κ2) is 8.71. The second-order valence-electron chi connectivity index (χ2n) is 7.28. The SMILES string of the molecule is C[C@H](O)C(=O)N1CC(Cc2ccc(Cl)cc2)(C(=O)NCCc2ccccn2)C1. The maximum absolute atomic E-state index is 13.0. The first-order chi connectivity index (χ1) is 13.4.